The lowest BCUT2D eigenvalue weighted by Crippen LogP contribution is -2.51. The summed E-state index contributed by atoms with van der Waals surface area (Å²) in [6.45, 7) is -0.215. The zero-order valence-electron chi connectivity index (χ0n) is 25.5. The van der Waals surface area contributed by atoms with E-state index in [2.05, 4.69) is 26.0 Å². The Hall–Kier alpha value is -4.22. The second kappa shape index (κ2) is 17.5. The molecule has 0 heterocycles. The van der Waals surface area contributed by atoms with Gasteiger partial charge in [0.2, 0.25) is 11.8 Å². The van der Waals surface area contributed by atoms with Crippen LogP contribution in [0.2, 0.25) is 0 Å². The molecule has 0 bridgehead atoms. The molecule has 3 rings (SSSR count). The van der Waals surface area contributed by atoms with Crippen molar-refractivity contribution in [1.82, 2.24) is 21.3 Å². The van der Waals surface area contributed by atoms with Gasteiger partial charge >= 0.3 is 5.97 Å². The molecule has 1 aromatic carbocycles. The van der Waals surface area contributed by atoms with Crippen molar-refractivity contribution in [3.05, 3.63) is 29.8 Å². The lowest BCUT2D eigenvalue weighted by molar-refractivity contribution is -0.145. The van der Waals surface area contributed by atoms with Crippen molar-refractivity contribution in [3.63, 3.8) is 0 Å². The molecule has 2 saturated carbocycles. The summed E-state index contributed by atoms with van der Waals surface area (Å²) in [4.78, 5) is 60.8. The van der Waals surface area contributed by atoms with Crippen LogP contribution in [-0.4, -0.2) is 99.4 Å². The van der Waals surface area contributed by atoms with Crippen LogP contribution in [0.25, 0.3) is 6.08 Å². The van der Waals surface area contributed by atoms with Crippen molar-refractivity contribution in [2.75, 3.05) is 32.6 Å². The van der Waals surface area contributed by atoms with Gasteiger partial charge in [-0.3, -0.25) is 23.7 Å². The molecule has 0 spiro atoms. The maximum Gasteiger partial charge on any atom is 0.328 e. The third-order valence-electron chi connectivity index (χ3n) is 6.75. The van der Waals surface area contributed by atoms with Crippen LogP contribution in [0.4, 0.5) is 0 Å². The van der Waals surface area contributed by atoms with E-state index in [1.165, 1.54) is 12.2 Å². The Balaban J connectivity index is 1.47. The van der Waals surface area contributed by atoms with Crippen LogP contribution >= 0.6 is 0 Å². The minimum atomic E-state index is -4.49. The highest BCUT2D eigenvalue weighted by Crippen LogP contribution is 2.29. The monoisotopic (exact) mass is 667 g/mol. The lowest BCUT2D eigenvalue weighted by Gasteiger charge is -2.18. The van der Waals surface area contributed by atoms with E-state index in [1.54, 1.807) is 18.2 Å². The topological polar surface area (TPSA) is 242 Å². The van der Waals surface area contributed by atoms with E-state index in [-0.39, 0.29) is 61.6 Å². The van der Waals surface area contributed by atoms with Crippen molar-refractivity contribution < 1.29 is 51.2 Å². The lowest BCUT2D eigenvalue weighted by atomic mass is 10.1. The molecule has 16 nitrogen and oxygen atoms in total. The summed E-state index contributed by atoms with van der Waals surface area (Å²) in [7, 11) is -3.36. The molecule has 0 radical (unpaired) electrons. The molecule has 0 aromatic heterocycles. The molecule has 4 amide bonds. The molecular formula is C29H41N5O11S. The molecule has 1 aromatic rings. The number of nitrogens with one attached hydrogen (secondary N) is 4. The van der Waals surface area contributed by atoms with E-state index in [0.29, 0.717) is 18.4 Å². The van der Waals surface area contributed by atoms with Crippen LogP contribution in [0.1, 0.15) is 50.5 Å². The van der Waals surface area contributed by atoms with Gasteiger partial charge in [-0.1, -0.05) is 6.07 Å². The number of methoxy groups -OCH3 is 1. The third-order valence-corrected chi connectivity index (χ3v) is 7.53. The minimum Gasteiger partial charge on any atom is -0.480 e. The second-order valence-electron chi connectivity index (χ2n) is 11.0. The number of carbonyl (C=O) groups is 5. The summed E-state index contributed by atoms with van der Waals surface area (Å²) in [5, 5.41) is 10.7. The zero-order valence-corrected chi connectivity index (χ0v) is 26.3. The number of esters is 1. The Morgan fingerprint density at radius 1 is 0.978 bits per heavy atom. The van der Waals surface area contributed by atoms with Crippen LogP contribution in [0.15, 0.2) is 24.3 Å². The molecule has 2 fully saturated rings. The van der Waals surface area contributed by atoms with Crippen molar-refractivity contribution in [1.29, 1.82) is 0 Å². The fraction of sp³-hybridized carbons (Fsp3) is 0.552. The summed E-state index contributed by atoms with van der Waals surface area (Å²) in [6, 6.07) is 2.52. The van der Waals surface area contributed by atoms with E-state index >= 15 is 0 Å². The molecule has 7 N–H and O–H groups in total. The first kappa shape index (κ1) is 36.3. The highest BCUT2D eigenvalue weighted by molar-refractivity contribution is 7.85. The number of amides is 4. The first-order chi connectivity index (χ1) is 21.8. The largest absolute Gasteiger partial charge is 0.480 e. The predicted molar refractivity (Wildman–Crippen MR) is 164 cm³/mol. The van der Waals surface area contributed by atoms with Crippen molar-refractivity contribution >= 4 is 45.8 Å². The average molecular weight is 668 g/mol. The standard InChI is InChI=1S/C29H41N5O11S/c1-43-29(39)22(34-28(38)21(30)17-46(40,41)42)4-2-3-13-31-25(35)12-6-18-5-11-23(44-15-26(36)32-19-7-8-19)24(14-18)45-16-27(37)33-20-9-10-20/h5-6,11-12,14,19-22H,2-4,7-10,13,15-17,30H2,1H3,(H,31,35)(H,32,36)(H,33,37)(H,34,38)(H,40,41,42)/b12-6+/t21-,22?/m0/s1. The smallest absolute Gasteiger partial charge is 0.328 e. The third kappa shape index (κ3) is 14.3. The highest BCUT2D eigenvalue weighted by Gasteiger charge is 2.27. The predicted octanol–water partition coefficient (Wildman–Crippen LogP) is -0.826. The van der Waals surface area contributed by atoms with Gasteiger partial charge in [0, 0.05) is 24.7 Å². The van der Waals surface area contributed by atoms with Crippen molar-refractivity contribution in [3.8, 4) is 11.5 Å². The van der Waals surface area contributed by atoms with Crippen LogP contribution < -0.4 is 36.5 Å². The van der Waals surface area contributed by atoms with Crippen LogP contribution in [0.3, 0.4) is 0 Å². The first-order valence-corrected chi connectivity index (χ1v) is 16.5. The van der Waals surface area contributed by atoms with Gasteiger partial charge in [0.1, 0.15) is 12.1 Å². The Morgan fingerprint density at radius 2 is 1.59 bits per heavy atom. The Kier molecular flexibility index (Phi) is 13.8. The molecule has 2 aliphatic carbocycles. The van der Waals surface area contributed by atoms with Crippen molar-refractivity contribution in [2.24, 2.45) is 5.73 Å². The van der Waals surface area contributed by atoms with E-state index < -0.39 is 45.7 Å². The molecule has 2 aliphatic rings. The molecule has 17 heteroatoms. The van der Waals surface area contributed by atoms with E-state index in [4.69, 9.17) is 19.8 Å². The summed E-state index contributed by atoms with van der Waals surface area (Å²) in [6.07, 6.45) is 7.53. The molecule has 0 saturated heterocycles. The van der Waals surface area contributed by atoms with Crippen molar-refractivity contribution in [2.45, 2.75) is 69.1 Å². The van der Waals surface area contributed by atoms with Gasteiger partial charge in [-0.05, 0) is 68.7 Å². The number of nitrogens with two attached hydrogens (primary N) is 1. The normalized spacial score (nSPS) is 15.7. The van der Waals surface area contributed by atoms with Crippen LogP contribution in [0, 0.1) is 0 Å². The molecule has 1 unspecified atom stereocenters. The van der Waals surface area contributed by atoms with Gasteiger partial charge in [-0.25, -0.2) is 4.79 Å². The van der Waals surface area contributed by atoms with Gasteiger partial charge in [0.25, 0.3) is 21.9 Å². The molecule has 2 atom stereocenters. The Bertz CT molecular complexity index is 1390. The first-order valence-electron chi connectivity index (χ1n) is 14.9. The van der Waals surface area contributed by atoms with E-state index in [1.807, 2.05) is 0 Å². The van der Waals surface area contributed by atoms with E-state index in [0.717, 1.165) is 32.8 Å². The SMILES string of the molecule is COC(=O)C(CCCCNC(=O)/C=C/c1ccc(OCC(=O)NC2CC2)c(OCC(=O)NC2CC2)c1)NC(=O)[C@@H](N)CS(=O)(=O)O. The fourth-order valence-electron chi connectivity index (χ4n) is 4.03. The quantitative estimate of drug-likeness (QED) is 0.0432. The summed E-state index contributed by atoms with van der Waals surface area (Å²) < 4.78 is 46.8. The number of ether oxygens (including phenoxy) is 3. The molecule has 254 valence electrons. The average Bonchev–Trinajstić information content (AvgIpc) is 3.94. The van der Waals surface area contributed by atoms with Gasteiger partial charge < -0.3 is 41.2 Å². The van der Waals surface area contributed by atoms with Gasteiger partial charge in [0.05, 0.1) is 12.9 Å². The molecular weight excluding hydrogens is 626 g/mol. The number of rotatable bonds is 20. The highest BCUT2D eigenvalue weighted by atomic mass is 32.2. The Morgan fingerprint density at radius 3 is 2.15 bits per heavy atom. The number of benzene rings is 1. The zero-order chi connectivity index (χ0) is 33.7. The second-order valence-corrected chi connectivity index (χ2v) is 12.5. The van der Waals surface area contributed by atoms with E-state index in [9.17, 15) is 32.4 Å². The molecule has 0 aliphatic heterocycles. The van der Waals surface area contributed by atoms with Gasteiger partial charge in [-0.15, -0.1) is 0 Å². The maximum absolute atomic E-state index is 12.4. The maximum atomic E-state index is 12.4. The summed E-state index contributed by atoms with van der Waals surface area (Å²) >= 11 is 0. The Labute approximate surface area is 266 Å². The van der Waals surface area contributed by atoms with Crippen LogP contribution in [-0.2, 0) is 38.8 Å². The van der Waals surface area contributed by atoms with Gasteiger partial charge in [-0.2, -0.15) is 8.42 Å². The van der Waals surface area contributed by atoms with Crippen LogP contribution in [0.5, 0.6) is 11.5 Å². The summed E-state index contributed by atoms with van der Waals surface area (Å²) in [5.41, 5.74) is 6.05. The van der Waals surface area contributed by atoms with Gasteiger partial charge in [0.15, 0.2) is 24.7 Å². The molecule has 46 heavy (non-hydrogen) atoms. The minimum absolute atomic E-state index is 0.126. The summed E-state index contributed by atoms with van der Waals surface area (Å²) in [5.74, 6) is -3.14. The fourth-order valence-corrected chi connectivity index (χ4v) is 4.63. The number of carbonyl (C=O) groups excluding carboxylic acids is 5. The number of hydrogen-bond donors (Lipinski definition) is 6. The number of unbranched alkanes of at least 4 members (excludes halogenated alkanes) is 1. The number of hydrogen-bond acceptors (Lipinski definition) is 11.